The standard InChI is InChI=1S/C13H19I/c1-4-5-6-11-7-12(10(2)3)9-13(14)8-11/h7-10H,4-6H2,1-3H3. The van der Waals surface area contributed by atoms with Crippen LogP contribution >= 0.6 is 22.6 Å². The van der Waals surface area contributed by atoms with Crippen molar-refractivity contribution < 1.29 is 0 Å². The molecule has 0 N–H and O–H groups in total. The Balaban J connectivity index is 2.84. The van der Waals surface area contributed by atoms with Crippen molar-refractivity contribution in [2.45, 2.75) is 46.0 Å². The minimum absolute atomic E-state index is 0.644. The van der Waals surface area contributed by atoms with E-state index in [9.17, 15) is 0 Å². The van der Waals surface area contributed by atoms with Crippen molar-refractivity contribution in [2.24, 2.45) is 0 Å². The second kappa shape index (κ2) is 5.74. The number of aryl methyl sites for hydroxylation is 1. The van der Waals surface area contributed by atoms with Crippen molar-refractivity contribution in [3.63, 3.8) is 0 Å². The van der Waals surface area contributed by atoms with Gasteiger partial charge in [0.2, 0.25) is 0 Å². The molecule has 0 saturated heterocycles. The summed E-state index contributed by atoms with van der Waals surface area (Å²) in [6, 6.07) is 6.96. The zero-order chi connectivity index (χ0) is 10.6. The monoisotopic (exact) mass is 302 g/mol. The van der Waals surface area contributed by atoms with Gasteiger partial charge in [-0.15, -0.1) is 0 Å². The summed E-state index contributed by atoms with van der Waals surface area (Å²) in [6.07, 6.45) is 3.81. The lowest BCUT2D eigenvalue weighted by Gasteiger charge is -2.09. The molecule has 0 aromatic heterocycles. The van der Waals surface area contributed by atoms with Crippen LogP contribution in [-0.2, 0) is 6.42 Å². The Morgan fingerprint density at radius 1 is 1.21 bits per heavy atom. The molecule has 14 heavy (non-hydrogen) atoms. The summed E-state index contributed by atoms with van der Waals surface area (Å²) >= 11 is 2.42. The van der Waals surface area contributed by atoms with E-state index in [0.29, 0.717) is 5.92 Å². The SMILES string of the molecule is CCCCc1cc(I)cc(C(C)C)c1. The molecule has 0 aliphatic carbocycles. The molecule has 0 unspecified atom stereocenters. The number of benzene rings is 1. The molecular weight excluding hydrogens is 283 g/mol. The van der Waals surface area contributed by atoms with Crippen LogP contribution in [0.15, 0.2) is 18.2 Å². The second-order valence-electron chi connectivity index (χ2n) is 4.15. The van der Waals surface area contributed by atoms with Gasteiger partial charge >= 0.3 is 0 Å². The molecule has 0 spiro atoms. The third kappa shape index (κ3) is 3.60. The number of halogens is 1. The quantitative estimate of drug-likeness (QED) is 0.704. The highest BCUT2D eigenvalue weighted by atomic mass is 127. The summed E-state index contributed by atoms with van der Waals surface area (Å²) in [5.74, 6) is 0.644. The molecule has 0 nitrogen and oxygen atoms in total. The van der Waals surface area contributed by atoms with Crippen LogP contribution < -0.4 is 0 Å². The molecule has 0 aliphatic rings. The third-order valence-electron chi connectivity index (χ3n) is 2.47. The maximum Gasteiger partial charge on any atom is 0.0135 e. The highest BCUT2D eigenvalue weighted by molar-refractivity contribution is 14.1. The first-order valence-corrected chi connectivity index (χ1v) is 6.50. The Kier molecular flexibility index (Phi) is 4.93. The lowest BCUT2D eigenvalue weighted by molar-refractivity contribution is 0.788. The van der Waals surface area contributed by atoms with Gasteiger partial charge in [0.15, 0.2) is 0 Å². The van der Waals surface area contributed by atoms with Crippen molar-refractivity contribution in [1.82, 2.24) is 0 Å². The molecule has 78 valence electrons. The zero-order valence-electron chi connectivity index (χ0n) is 9.31. The number of hydrogen-bond acceptors (Lipinski definition) is 0. The summed E-state index contributed by atoms with van der Waals surface area (Å²) in [6.45, 7) is 6.77. The van der Waals surface area contributed by atoms with Gasteiger partial charge in [0.25, 0.3) is 0 Å². The summed E-state index contributed by atoms with van der Waals surface area (Å²) in [5, 5.41) is 0. The van der Waals surface area contributed by atoms with Gasteiger partial charge in [0.05, 0.1) is 0 Å². The van der Waals surface area contributed by atoms with Crippen LogP contribution in [0.1, 0.15) is 50.7 Å². The molecule has 1 heteroatoms. The van der Waals surface area contributed by atoms with E-state index in [1.807, 2.05) is 0 Å². The lowest BCUT2D eigenvalue weighted by Crippen LogP contribution is -1.93. The van der Waals surface area contributed by atoms with E-state index in [0.717, 1.165) is 0 Å². The molecule has 1 rings (SSSR count). The van der Waals surface area contributed by atoms with Gasteiger partial charge in [-0.2, -0.15) is 0 Å². The highest BCUT2D eigenvalue weighted by Crippen LogP contribution is 2.20. The average molecular weight is 302 g/mol. The molecular formula is C13H19I. The van der Waals surface area contributed by atoms with Gasteiger partial charge in [0, 0.05) is 3.57 Å². The average Bonchev–Trinajstić information content (AvgIpc) is 2.14. The Bertz CT molecular complexity index is 289. The van der Waals surface area contributed by atoms with E-state index in [2.05, 4.69) is 61.6 Å². The predicted octanol–water partition coefficient (Wildman–Crippen LogP) is 4.76. The molecule has 1 aromatic carbocycles. The second-order valence-corrected chi connectivity index (χ2v) is 5.40. The highest BCUT2D eigenvalue weighted by Gasteiger charge is 2.02. The Hall–Kier alpha value is -0.0500. The number of hydrogen-bond donors (Lipinski definition) is 0. The first kappa shape index (κ1) is 12.0. The Labute approximate surface area is 101 Å². The maximum atomic E-state index is 2.42. The van der Waals surface area contributed by atoms with Crippen LogP contribution in [0.4, 0.5) is 0 Å². The molecule has 0 atom stereocenters. The summed E-state index contributed by atoms with van der Waals surface area (Å²) in [7, 11) is 0. The van der Waals surface area contributed by atoms with E-state index < -0.39 is 0 Å². The topological polar surface area (TPSA) is 0 Å². The Morgan fingerprint density at radius 3 is 2.50 bits per heavy atom. The molecule has 0 saturated carbocycles. The van der Waals surface area contributed by atoms with Crippen LogP contribution in [-0.4, -0.2) is 0 Å². The van der Waals surface area contributed by atoms with Gasteiger partial charge < -0.3 is 0 Å². The van der Waals surface area contributed by atoms with Crippen LogP contribution in [0, 0.1) is 3.57 Å². The van der Waals surface area contributed by atoms with E-state index >= 15 is 0 Å². The smallest absolute Gasteiger partial charge is 0.0135 e. The summed E-state index contributed by atoms with van der Waals surface area (Å²) < 4.78 is 1.37. The van der Waals surface area contributed by atoms with E-state index in [1.165, 1.54) is 34.0 Å². The van der Waals surface area contributed by atoms with E-state index in [4.69, 9.17) is 0 Å². The van der Waals surface area contributed by atoms with Gasteiger partial charge in [-0.25, -0.2) is 0 Å². The normalized spacial score (nSPS) is 10.9. The third-order valence-corrected chi connectivity index (χ3v) is 3.09. The largest absolute Gasteiger partial charge is 0.0654 e. The predicted molar refractivity (Wildman–Crippen MR) is 71.9 cm³/mol. The first-order valence-electron chi connectivity index (χ1n) is 5.43. The van der Waals surface area contributed by atoms with Gasteiger partial charge in [0.1, 0.15) is 0 Å². The zero-order valence-corrected chi connectivity index (χ0v) is 11.5. The number of rotatable bonds is 4. The molecule has 0 bridgehead atoms. The van der Waals surface area contributed by atoms with Crippen LogP contribution in [0.2, 0.25) is 0 Å². The molecule has 0 amide bonds. The molecule has 0 heterocycles. The minimum atomic E-state index is 0.644. The van der Waals surface area contributed by atoms with Crippen LogP contribution in [0.3, 0.4) is 0 Å². The molecule has 0 fully saturated rings. The summed E-state index contributed by atoms with van der Waals surface area (Å²) in [5.41, 5.74) is 2.98. The van der Waals surface area contributed by atoms with Crippen molar-refractivity contribution in [3.05, 3.63) is 32.9 Å². The molecule has 0 radical (unpaired) electrons. The fourth-order valence-corrected chi connectivity index (χ4v) is 2.29. The van der Waals surface area contributed by atoms with Crippen LogP contribution in [0.25, 0.3) is 0 Å². The van der Waals surface area contributed by atoms with Crippen molar-refractivity contribution >= 4 is 22.6 Å². The Morgan fingerprint density at radius 2 is 1.93 bits per heavy atom. The van der Waals surface area contributed by atoms with E-state index in [1.54, 1.807) is 0 Å². The van der Waals surface area contributed by atoms with Crippen molar-refractivity contribution in [2.75, 3.05) is 0 Å². The maximum absolute atomic E-state index is 2.42. The van der Waals surface area contributed by atoms with Gasteiger partial charge in [-0.05, 0) is 64.6 Å². The molecule has 1 aromatic rings. The van der Waals surface area contributed by atoms with Gasteiger partial charge in [-0.1, -0.05) is 33.3 Å². The van der Waals surface area contributed by atoms with Crippen LogP contribution in [0.5, 0.6) is 0 Å². The molecule has 0 aliphatic heterocycles. The fourth-order valence-electron chi connectivity index (χ4n) is 1.53. The summed E-state index contributed by atoms with van der Waals surface area (Å²) in [4.78, 5) is 0. The van der Waals surface area contributed by atoms with Gasteiger partial charge in [-0.3, -0.25) is 0 Å². The first-order chi connectivity index (χ1) is 6.63. The van der Waals surface area contributed by atoms with Crippen molar-refractivity contribution in [3.8, 4) is 0 Å². The van der Waals surface area contributed by atoms with E-state index in [-0.39, 0.29) is 0 Å². The number of unbranched alkanes of at least 4 members (excludes halogenated alkanes) is 1. The fraction of sp³-hybridized carbons (Fsp3) is 0.538. The lowest BCUT2D eigenvalue weighted by atomic mass is 9.99. The minimum Gasteiger partial charge on any atom is -0.0654 e. The van der Waals surface area contributed by atoms with Crippen molar-refractivity contribution in [1.29, 1.82) is 0 Å².